The van der Waals surface area contributed by atoms with E-state index in [-0.39, 0.29) is 12.1 Å². The lowest BCUT2D eigenvalue weighted by Gasteiger charge is -2.28. The molecule has 3 heterocycles. The molecule has 0 bridgehead atoms. The van der Waals surface area contributed by atoms with Crippen LogP contribution >= 0.6 is 12.2 Å². The summed E-state index contributed by atoms with van der Waals surface area (Å²) in [5.74, 6) is 0.846. The molecule has 0 unspecified atom stereocenters. The summed E-state index contributed by atoms with van der Waals surface area (Å²) in [5, 5.41) is 4.29. The molecule has 1 N–H and O–H groups in total. The Bertz CT molecular complexity index is 1330. The van der Waals surface area contributed by atoms with E-state index in [1.54, 1.807) is 7.11 Å². The summed E-state index contributed by atoms with van der Waals surface area (Å²) in [6.07, 6.45) is 2.85. The van der Waals surface area contributed by atoms with Crippen LogP contribution in [0.15, 0.2) is 79.0 Å². The average Bonchev–Trinajstić information content (AvgIpc) is 3.39. The molecule has 0 spiro atoms. The second-order valence-corrected chi connectivity index (χ2v) is 9.26. The van der Waals surface area contributed by atoms with E-state index >= 15 is 0 Å². The molecule has 1 fully saturated rings. The summed E-state index contributed by atoms with van der Waals surface area (Å²) < 4.78 is 7.66. The molecule has 2 aromatic heterocycles. The molecule has 35 heavy (non-hydrogen) atoms. The van der Waals surface area contributed by atoms with E-state index in [9.17, 15) is 0 Å². The van der Waals surface area contributed by atoms with Gasteiger partial charge >= 0.3 is 0 Å². The maximum atomic E-state index is 5.91. The molecular weight excluding hydrogens is 452 g/mol. The van der Waals surface area contributed by atoms with Gasteiger partial charge in [-0.05, 0) is 98.2 Å². The third-order valence-corrected chi connectivity index (χ3v) is 7.15. The topological polar surface area (TPSA) is 42.3 Å². The van der Waals surface area contributed by atoms with Gasteiger partial charge in [-0.2, -0.15) is 0 Å². The summed E-state index contributed by atoms with van der Waals surface area (Å²) >= 11 is 5.91. The largest absolute Gasteiger partial charge is 0.497 e. The van der Waals surface area contributed by atoms with Gasteiger partial charge in [-0.1, -0.05) is 25.1 Å². The quantitative estimate of drug-likeness (QED) is 0.330. The molecule has 1 aliphatic rings. The first-order valence-electron chi connectivity index (χ1n) is 11.9. The molecular formula is C29H30N4OS. The lowest BCUT2D eigenvalue weighted by molar-refractivity contribution is 0.414. The molecule has 0 amide bonds. The van der Waals surface area contributed by atoms with E-state index in [0.29, 0.717) is 5.11 Å². The van der Waals surface area contributed by atoms with Gasteiger partial charge in [0.15, 0.2) is 5.11 Å². The Morgan fingerprint density at radius 1 is 0.971 bits per heavy atom. The highest BCUT2D eigenvalue weighted by Gasteiger charge is 2.42. The molecule has 0 saturated carbocycles. The van der Waals surface area contributed by atoms with Crippen LogP contribution < -0.4 is 15.0 Å². The minimum absolute atomic E-state index is 0.0388. The summed E-state index contributed by atoms with van der Waals surface area (Å²) in [4.78, 5) is 6.94. The molecule has 5 rings (SSSR count). The van der Waals surface area contributed by atoms with E-state index < -0.39 is 0 Å². The number of pyridine rings is 1. The normalized spacial score (nSPS) is 17.5. The fourth-order valence-electron chi connectivity index (χ4n) is 5.06. The third-order valence-electron chi connectivity index (χ3n) is 6.84. The van der Waals surface area contributed by atoms with Crippen LogP contribution in [0.3, 0.4) is 0 Å². The second-order valence-electron chi connectivity index (χ2n) is 8.88. The van der Waals surface area contributed by atoms with Crippen molar-refractivity contribution in [2.24, 2.45) is 0 Å². The zero-order valence-corrected chi connectivity index (χ0v) is 21.3. The lowest BCUT2D eigenvalue weighted by atomic mass is 9.96. The monoisotopic (exact) mass is 482 g/mol. The van der Waals surface area contributed by atoms with Crippen LogP contribution in [0, 0.1) is 13.8 Å². The summed E-state index contributed by atoms with van der Waals surface area (Å²) in [5.41, 5.74) is 8.04. The first-order valence-corrected chi connectivity index (χ1v) is 12.4. The number of benzene rings is 2. The van der Waals surface area contributed by atoms with E-state index in [0.717, 1.165) is 29.2 Å². The van der Waals surface area contributed by atoms with Crippen molar-refractivity contribution in [3.05, 3.63) is 107 Å². The Balaban J connectivity index is 1.64. The lowest BCUT2D eigenvalue weighted by Crippen LogP contribution is -2.29. The summed E-state index contributed by atoms with van der Waals surface area (Å²) in [6.45, 7) is 6.50. The van der Waals surface area contributed by atoms with Crippen molar-refractivity contribution in [1.82, 2.24) is 14.9 Å². The Morgan fingerprint density at radius 2 is 1.69 bits per heavy atom. The molecule has 4 aromatic rings. The number of ether oxygens (including phenoxy) is 1. The highest BCUT2D eigenvalue weighted by molar-refractivity contribution is 7.80. The zero-order valence-electron chi connectivity index (χ0n) is 20.5. The number of nitrogens with zero attached hydrogens (tertiary/aromatic N) is 3. The number of aromatic nitrogens is 2. The number of hydrogen-bond donors (Lipinski definition) is 1. The Labute approximate surface area is 212 Å². The highest BCUT2D eigenvalue weighted by atomic mass is 32.1. The van der Waals surface area contributed by atoms with Crippen LogP contribution in [0.5, 0.6) is 5.75 Å². The van der Waals surface area contributed by atoms with Crippen molar-refractivity contribution < 1.29 is 4.74 Å². The van der Waals surface area contributed by atoms with Gasteiger partial charge in [-0.25, -0.2) is 0 Å². The van der Waals surface area contributed by atoms with Gasteiger partial charge in [-0.3, -0.25) is 4.98 Å². The molecule has 1 saturated heterocycles. The first-order chi connectivity index (χ1) is 17.0. The van der Waals surface area contributed by atoms with Crippen LogP contribution in [-0.4, -0.2) is 21.8 Å². The number of rotatable bonds is 6. The maximum absolute atomic E-state index is 5.91. The second kappa shape index (κ2) is 9.55. The van der Waals surface area contributed by atoms with Gasteiger partial charge in [0.1, 0.15) is 5.75 Å². The number of hydrogen-bond acceptors (Lipinski definition) is 3. The number of methoxy groups -OCH3 is 1. The Kier molecular flexibility index (Phi) is 6.31. The van der Waals surface area contributed by atoms with Gasteiger partial charge < -0.3 is 19.5 Å². The van der Waals surface area contributed by atoms with E-state index in [2.05, 4.69) is 84.1 Å². The van der Waals surface area contributed by atoms with Gasteiger partial charge in [0.25, 0.3) is 0 Å². The molecule has 5 nitrogen and oxygen atoms in total. The first kappa shape index (κ1) is 23.1. The number of aryl methyl sites for hydroxylation is 2. The van der Waals surface area contributed by atoms with E-state index in [1.807, 2.05) is 30.5 Å². The van der Waals surface area contributed by atoms with E-state index in [1.165, 1.54) is 22.5 Å². The SMILES string of the molecule is CCc1ccc(N2C(=S)N[C@@H](c3ccccn3)[C@@H]2c2cc(C)n(-c3ccc(OC)cc3)c2C)cc1. The van der Waals surface area contributed by atoms with Crippen molar-refractivity contribution in [1.29, 1.82) is 0 Å². The van der Waals surface area contributed by atoms with Crippen LogP contribution in [0.25, 0.3) is 5.69 Å². The van der Waals surface area contributed by atoms with Crippen molar-refractivity contribution in [3.63, 3.8) is 0 Å². The summed E-state index contributed by atoms with van der Waals surface area (Å²) in [7, 11) is 1.69. The predicted octanol–water partition coefficient (Wildman–Crippen LogP) is 6.24. The molecule has 0 radical (unpaired) electrons. The van der Waals surface area contributed by atoms with Gasteiger partial charge in [-0.15, -0.1) is 0 Å². The Hall–Kier alpha value is -3.64. The molecule has 178 valence electrons. The molecule has 2 aromatic carbocycles. The van der Waals surface area contributed by atoms with Crippen LogP contribution in [-0.2, 0) is 6.42 Å². The minimum atomic E-state index is -0.0700. The molecule has 1 aliphatic heterocycles. The van der Waals surface area contributed by atoms with Crippen molar-refractivity contribution in [2.75, 3.05) is 12.0 Å². The minimum Gasteiger partial charge on any atom is -0.497 e. The highest BCUT2D eigenvalue weighted by Crippen LogP contribution is 2.43. The van der Waals surface area contributed by atoms with Crippen LogP contribution in [0.2, 0.25) is 0 Å². The van der Waals surface area contributed by atoms with E-state index in [4.69, 9.17) is 21.9 Å². The van der Waals surface area contributed by atoms with Crippen molar-refractivity contribution >= 4 is 23.0 Å². The molecule has 0 aliphatic carbocycles. The van der Waals surface area contributed by atoms with Gasteiger partial charge in [0, 0.05) is 29.0 Å². The smallest absolute Gasteiger partial charge is 0.174 e. The average molecular weight is 483 g/mol. The number of nitrogens with one attached hydrogen (secondary N) is 1. The predicted molar refractivity (Wildman–Crippen MR) is 146 cm³/mol. The van der Waals surface area contributed by atoms with Crippen molar-refractivity contribution in [2.45, 2.75) is 39.3 Å². The summed E-state index contributed by atoms with van der Waals surface area (Å²) in [6, 6.07) is 25.1. The van der Waals surface area contributed by atoms with Crippen LogP contribution in [0.4, 0.5) is 5.69 Å². The van der Waals surface area contributed by atoms with Gasteiger partial charge in [0.05, 0.1) is 24.9 Å². The fourth-order valence-corrected chi connectivity index (χ4v) is 5.40. The molecule has 6 heteroatoms. The number of anilines is 1. The Morgan fingerprint density at radius 3 is 2.31 bits per heavy atom. The van der Waals surface area contributed by atoms with Crippen molar-refractivity contribution in [3.8, 4) is 11.4 Å². The fraction of sp³-hybridized carbons (Fsp3) is 0.241. The molecule has 2 atom stereocenters. The number of thiocarbonyl (C=S) groups is 1. The van der Waals surface area contributed by atoms with Gasteiger partial charge in [0.2, 0.25) is 0 Å². The van der Waals surface area contributed by atoms with Crippen LogP contribution in [0.1, 0.15) is 47.2 Å². The third kappa shape index (κ3) is 4.19. The zero-order chi connectivity index (χ0) is 24.5. The standard InChI is InChI=1S/C29H30N4OS/c1-5-21-9-11-23(12-10-21)33-28(27(31-29(33)35)26-8-6-7-17-30-26)25-18-19(2)32(20(25)3)22-13-15-24(34-4)16-14-22/h6-18,27-28H,5H2,1-4H3,(H,31,35)/t27-,28-/m0/s1. The maximum Gasteiger partial charge on any atom is 0.174 e.